The summed E-state index contributed by atoms with van der Waals surface area (Å²) in [6, 6.07) is 12.6. The molecule has 3 aliphatic rings. The fraction of sp³-hybridized carbons (Fsp3) is 0.406. The maximum atomic E-state index is 13.5. The Morgan fingerprint density at radius 2 is 1.85 bits per heavy atom. The van der Waals surface area contributed by atoms with E-state index in [2.05, 4.69) is 20.9 Å². The molecule has 9 nitrogen and oxygen atoms in total. The van der Waals surface area contributed by atoms with Crippen LogP contribution in [0.2, 0.25) is 0 Å². The molecular weight excluding hydrogens is 518 g/mol. The maximum Gasteiger partial charge on any atom is 0.252 e. The van der Waals surface area contributed by atoms with Crippen molar-refractivity contribution in [3.05, 3.63) is 82.4 Å². The number of nitrogens with one attached hydrogen (secondary N) is 3. The van der Waals surface area contributed by atoms with Crippen LogP contribution in [0.1, 0.15) is 65.4 Å². The second-order valence-corrected chi connectivity index (χ2v) is 11.2. The zero-order valence-electron chi connectivity index (χ0n) is 23.8. The summed E-state index contributed by atoms with van der Waals surface area (Å²) in [5, 5.41) is 8.75. The maximum absolute atomic E-state index is 13.5. The molecule has 41 heavy (non-hydrogen) atoms. The lowest BCUT2D eigenvalue weighted by molar-refractivity contribution is -0.130. The van der Waals surface area contributed by atoms with E-state index < -0.39 is 18.0 Å². The topological polar surface area (TPSA) is 122 Å². The number of rotatable bonds is 6. The van der Waals surface area contributed by atoms with E-state index >= 15 is 0 Å². The highest BCUT2D eigenvalue weighted by atomic mass is 16.5. The molecule has 9 heteroatoms. The first-order valence-corrected chi connectivity index (χ1v) is 14.4. The minimum absolute atomic E-state index is 0.137. The molecule has 0 unspecified atom stereocenters. The number of aryl methyl sites for hydroxylation is 2. The van der Waals surface area contributed by atoms with Crippen LogP contribution < -0.4 is 20.7 Å². The summed E-state index contributed by atoms with van der Waals surface area (Å²) in [7, 11) is 0. The van der Waals surface area contributed by atoms with Gasteiger partial charge in [-0.15, -0.1) is 0 Å². The smallest absolute Gasteiger partial charge is 0.252 e. The summed E-state index contributed by atoms with van der Waals surface area (Å²) < 4.78 is 5.96. The number of benzene rings is 2. The normalized spacial score (nSPS) is 18.5. The first kappa shape index (κ1) is 28.3. The quantitative estimate of drug-likeness (QED) is 0.427. The predicted octanol–water partition coefficient (Wildman–Crippen LogP) is 3.61. The van der Waals surface area contributed by atoms with Crippen LogP contribution in [0.15, 0.2) is 48.5 Å². The fourth-order valence-electron chi connectivity index (χ4n) is 5.41. The first-order valence-electron chi connectivity index (χ1n) is 14.4. The summed E-state index contributed by atoms with van der Waals surface area (Å²) in [6.45, 7) is 6.33. The number of ether oxygens (including phenoxy) is 1. The number of fused-ring (bicyclic) bond motifs is 9. The summed E-state index contributed by atoms with van der Waals surface area (Å²) >= 11 is 0. The van der Waals surface area contributed by atoms with Crippen LogP contribution in [0.3, 0.4) is 0 Å². The molecule has 2 aliphatic heterocycles. The van der Waals surface area contributed by atoms with E-state index in [4.69, 9.17) is 9.72 Å². The summed E-state index contributed by atoms with van der Waals surface area (Å²) in [5.74, 6) is 0.891. The van der Waals surface area contributed by atoms with Crippen molar-refractivity contribution < 1.29 is 19.1 Å². The standard InChI is InChI=1S/C32H37N5O4/c1-19(2)16-27-32(40)37-28(31(39)33-15-14-29-34-20(3)25-8-5-9-26(25)35-29)17-21-10-12-23(13-11-21)41-24-7-4-6-22(18-24)30(38)36-27/h4,6-7,10-13,18-19,27-28H,5,8-9,14-17H2,1-3H3,(H,33,39)(H,36,38)(H,37,40)/t27-,28-/m0/s1. The van der Waals surface area contributed by atoms with Gasteiger partial charge in [0.05, 0.1) is 0 Å². The van der Waals surface area contributed by atoms with Gasteiger partial charge in [0, 0.05) is 36.3 Å². The van der Waals surface area contributed by atoms with Gasteiger partial charge in [0.15, 0.2) is 0 Å². The SMILES string of the molecule is Cc1nc(CCNC(=O)[C@@H]2Cc3ccc(cc3)Oc3cccc(c3)C(=O)N[C@@H](CC(C)C)C(=O)N2)nc2c1CCC2. The molecule has 0 radical (unpaired) electrons. The summed E-state index contributed by atoms with van der Waals surface area (Å²) in [5.41, 5.74) is 4.63. The minimum Gasteiger partial charge on any atom is -0.457 e. The molecule has 214 valence electrons. The monoisotopic (exact) mass is 555 g/mol. The van der Waals surface area contributed by atoms with E-state index in [9.17, 15) is 14.4 Å². The van der Waals surface area contributed by atoms with E-state index in [1.807, 2.05) is 45.0 Å². The van der Waals surface area contributed by atoms with Gasteiger partial charge in [-0.05, 0) is 80.0 Å². The molecule has 0 fully saturated rings. The second kappa shape index (κ2) is 12.5. The van der Waals surface area contributed by atoms with Crippen molar-refractivity contribution in [2.45, 2.75) is 71.4 Å². The molecule has 3 amide bonds. The number of hydrogen-bond acceptors (Lipinski definition) is 6. The number of carbonyl (C=O) groups excluding carboxylic acids is 3. The lowest BCUT2D eigenvalue weighted by Crippen LogP contribution is -2.55. The Morgan fingerprint density at radius 1 is 1.05 bits per heavy atom. The lowest BCUT2D eigenvalue weighted by Gasteiger charge is -2.24. The highest BCUT2D eigenvalue weighted by Crippen LogP contribution is 2.24. The number of carbonyl (C=O) groups is 3. The van der Waals surface area contributed by atoms with Crippen LogP contribution in [0, 0.1) is 12.8 Å². The third-order valence-electron chi connectivity index (χ3n) is 7.49. The van der Waals surface area contributed by atoms with Gasteiger partial charge in [-0.25, -0.2) is 9.97 Å². The van der Waals surface area contributed by atoms with Gasteiger partial charge >= 0.3 is 0 Å². The number of hydrogen-bond donors (Lipinski definition) is 3. The van der Waals surface area contributed by atoms with Gasteiger partial charge in [0.2, 0.25) is 11.8 Å². The van der Waals surface area contributed by atoms with Gasteiger partial charge in [-0.3, -0.25) is 14.4 Å². The first-order chi connectivity index (χ1) is 19.7. The van der Waals surface area contributed by atoms with Gasteiger partial charge in [-0.2, -0.15) is 0 Å². The predicted molar refractivity (Wildman–Crippen MR) is 155 cm³/mol. The van der Waals surface area contributed by atoms with E-state index in [0.29, 0.717) is 42.3 Å². The van der Waals surface area contributed by atoms with Gasteiger partial charge in [0.1, 0.15) is 29.4 Å². The molecule has 0 saturated carbocycles. The van der Waals surface area contributed by atoms with Crippen molar-refractivity contribution >= 4 is 17.7 Å². The van der Waals surface area contributed by atoms with Crippen LogP contribution in [0.25, 0.3) is 0 Å². The molecule has 2 atom stereocenters. The fourth-order valence-corrected chi connectivity index (χ4v) is 5.41. The average molecular weight is 556 g/mol. The number of aromatic nitrogens is 2. The Balaban J connectivity index is 1.35. The van der Waals surface area contributed by atoms with Crippen molar-refractivity contribution in [3.8, 4) is 11.5 Å². The van der Waals surface area contributed by atoms with Crippen LogP contribution in [-0.2, 0) is 35.3 Å². The van der Waals surface area contributed by atoms with Crippen molar-refractivity contribution in [1.82, 2.24) is 25.9 Å². The molecule has 3 heterocycles. The second-order valence-electron chi connectivity index (χ2n) is 11.2. The van der Waals surface area contributed by atoms with Gasteiger partial charge in [-0.1, -0.05) is 32.0 Å². The van der Waals surface area contributed by atoms with Gasteiger partial charge < -0.3 is 20.7 Å². The van der Waals surface area contributed by atoms with Gasteiger partial charge in [0.25, 0.3) is 5.91 Å². The Kier molecular flexibility index (Phi) is 8.61. The summed E-state index contributed by atoms with van der Waals surface area (Å²) in [4.78, 5) is 49.4. The highest BCUT2D eigenvalue weighted by Gasteiger charge is 2.28. The van der Waals surface area contributed by atoms with E-state index in [0.717, 1.165) is 36.2 Å². The zero-order chi connectivity index (χ0) is 28.9. The average Bonchev–Trinajstić information content (AvgIpc) is 3.42. The molecule has 4 bridgehead atoms. The van der Waals surface area contributed by atoms with Crippen LogP contribution >= 0.6 is 0 Å². The van der Waals surface area contributed by atoms with Crippen LogP contribution in [-0.4, -0.2) is 46.3 Å². The molecule has 0 spiro atoms. The Bertz CT molecular complexity index is 1440. The molecule has 1 aliphatic carbocycles. The molecule has 1 aromatic heterocycles. The van der Waals surface area contributed by atoms with E-state index in [1.54, 1.807) is 24.3 Å². The molecular formula is C32H37N5O4. The summed E-state index contributed by atoms with van der Waals surface area (Å²) in [6.07, 6.45) is 4.29. The molecule has 3 N–H and O–H groups in total. The van der Waals surface area contributed by atoms with Crippen LogP contribution in [0.4, 0.5) is 0 Å². The third kappa shape index (κ3) is 7.09. The minimum atomic E-state index is -0.838. The molecule has 0 saturated heterocycles. The third-order valence-corrected chi connectivity index (χ3v) is 7.49. The number of nitrogens with zero attached hydrogens (tertiary/aromatic N) is 2. The van der Waals surface area contributed by atoms with Crippen molar-refractivity contribution in [3.63, 3.8) is 0 Å². The van der Waals surface area contributed by atoms with Crippen LogP contribution in [0.5, 0.6) is 11.5 Å². The Hall–Kier alpha value is -4.27. The van der Waals surface area contributed by atoms with Crippen molar-refractivity contribution in [1.29, 1.82) is 0 Å². The number of amides is 3. The highest BCUT2D eigenvalue weighted by molar-refractivity contribution is 5.98. The zero-order valence-corrected chi connectivity index (χ0v) is 23.8. The lowest BCUT2D eigenvalue weighted by atomic mass is 10.0. The molecule has 2 aromatic carbocycles. The largest absolute Gasteiger partial charge is 0.457 e. The van der Waals surface area contributed by atoms with E-state index in [-0.39, 0.29) is 24.2 Å². The van der Waals surface area contributed by atoms with Crippen molar-refractivity contribution in [2.24, 2.45) is 5.92 Å². The van der Waals surface area contributed by atoms with Crippen molar-refractivity contribution in [2.75, 3.05) is 6.54 Å². The molecule has 6 rings (SSSR count). The Labute approximate surface area is 240 Å². The van der Waals surface area contributed by atoms with E-state index in [1.165, 1.54) is 5.56 Å². The Morgan fingerprint density at radius 3 is 2.63 bits per heavy atom. The molecule has 3 aromatic rings.